The third-order valence-corrected chi connectivity index (χ3v) is 12.1. The normalized spacial score (nSPS) is 11.4. The molecular weight excluding hydrogens is 514 g/mol. The molecule has 39 heavy (non-hydrogen) atoms. The second-order valence-corrected chi connectivity index (χ2v) is 13.9. The van der Waals surface area contributed by atoms with Gasteiger partial charge in [0.2, 0.25) is 5.44 Å². The van der Waals surface area contributed by atoms with E-state index in [0.717, 1.165) is 27.2 Å². The molecule has 0 aliphatic rings. The van der Waals surface area contributed by atoms with Gasteiger partial charge in [-0.3, -0.25) is 4.98 Å². The number of aromatic nitrogens is 2. The summed E-state index contributed by atoms with van der Waals surface area (Å²) in [5.41, 5.74) is 3.58. The van der Waals surface area contributed by atoms with Gasteiger partial charge in [-0.15, -0.1) is 0 Å². The van der Waals surface area contributed by atoms with Crippen LogP contribution in [-0.4, -0.2) is 14.9 Å². The summed E-state index contributed by atoms with van der Waals surface area (Å²) < 4.78 is 0. The third-order valence-electron chi connectivity index (χ3n) is 6.67. The average Bonchev–Trinajstić information content (AvgIpc) is 3.03. The van der Waals surface area contributed by atoms with E-state index in [1.807, 2.05) is 91.1 Å². The Hall–Kier alpha value is -4.00. The minimum absolute atomic E-state index is 0.688. The molecule has 3 nitrogen and oxygen atoms in total. The molecule has 0 bridgehead atoms. The zero-order valence-electron chi connectivity index (χ0n) is 21.2. The van der Waals surface area contributed by atoms with Crippen molar-refractivity contribution in [2.45, 2.75) is 0 Å². The molecule has 0 fully saturated rings. The van der Waals surface area contributed by atoms with Crippen molar-refractivity contribution in [2.24, 2.45) is 0 Å². The number of rotatable bonds is 7. The fourth-order valence-corrected chi connectivity index (χ4v) is 10.00. The molecule has 0 saturated carbocycles. The summed E-state index contributed by atoms with van der Waals surface area (Å²) in [6.07, 6.45) is 3.65. The van der Waals surface area contributed by atoms with Gasteiger partial charge in [-0.05, 0) is 53.1 Å². The Bertz CT molecular complexity index is 1590. The van der Waals surface area contributed by atoms with E-state index in [1.54, 1.807) is 6.20 Å². The minimum atomic E-state index is -3.06. The summed E-state index contributed by atoms with van der Waals surface area (Å²) >= 11 is 0. The first kappa shape index (κ1) is 25.3. The average molecular weight is 542 g/mol. The van der Waals surface area contributed by atoms with Crippen LogP contribution in [0.1, 0.15) is 0 Å². The Morgan fingerprint density at radius 3 is 1.41 bits per heavy atom. The summed E-state index contributed by atoms with van der Waals surface area (Å²) in [5, 5.41) is 4.19. The van der Waals surface area contributed by atoms with Gasteiger partial charge in [0, 0.05) is 31.4 Å². The molecule has 0 atom stereocenters. The molecule has 5 heteroatoms. The van der Waals surface area contributed by atoms with Crippen LogP contribution in [0.15, 0.2) is 158 Å². The van der Waals surface area contributed by atoms with Gasteiger partial charge in [0.25, 0.3) is 7.49 Å². The summed E-state index contributed by atoms with van der Waals surface area (Å²) in [5.74, 6) is 0. The van der Waals surface area contributed by atoms with Crippen molar-refractivity contribution >= 4 is 47.5 Å². The van der Waals surface area contributed by atoms with Crippen molar-refractivity contribution in [2.75, 3.05) is 0 Å². The number of pyridine rings is 2. The number of hydrogen-bond acceptors (Lipinski definition) is 3. The van der Waals surface area contributed by atoms with E-state index in [4.69, 9.17) is 9.97 Å². The van der Waals surface area contributed by atoms with Crippen LogP contribution in [0.4, 0.5) is 0 Å². The molecule has 0 radical (unpaired) electrons. The highest BCUT2D eigenvalue weighted by atomic mass is 31.2. The van der Waals surface area contributed by atoms with E-state index in [-0.39, 0.29) is 0 Å². The Morgan fingerprint density at radius 2 is 0.897 bits per heavy atom. The van der Waals surface area contributed by atoms with Crippen LogP contribution in [0.25, 0.3) is 11.1 Å². The predicted molar refractivity (Wildman–Crippen MR) is 167 cm³/mol. The minimum Gasteiger partial charge on any atom is -0.255 e. The van der Waals surface area contributed by atoms with Gasteiger partial charge < -0.3 is 0 Å². The fraction of sp³-hybridized carbons (Fsp3) is 0. The molecule has 6 aromatic rings. The molecule has 6 rings (SSSR count). The van der Waals surface area contributed by atoms with Crippen LogP contribution >= 0.6 is 15.4 Å². The first-order valence-corrected chi connectivity index (χ1v) is 15.9. The van der Waals surface area contributed by atoms with E-state index in [2.05, 4.69) is 60.7 Å². The molecule has 0 aliphatic carbocycles. The molecule has 2 heterocycles. The summed E-state index contributed by atoms with van der Waals surface area (Å²) in [7, 11) is -4.01. The van der Waals surface area contributed by atoms with Crippen molar-refractivity contribution in [3.63, 3.8) is 0 Å². The largest absolute Gasteiger partial charge is 0.258 e. The lowest BCUT2D eigenvalue weighted by atomic mass is 10.1. The van der Waals surface area contributed by atoms with Crippen molar-refractivity contribution in [3.8, 4) is 11.1 Å². The van der Waals surface area contributed by atoms with Gasteiger partial charge in [0.05, 0.1) is 5.44 Å². The monoisotopic (exact) mass is 541 g/mol. The molecule has 188 valence electrons. The molecule has 2 aromatic heterocycles. The lowest BCUT2D eigenvalue weighted by Gasteiger charge is -2.24. The highest BCUT2D eigenvalue weighted by molar-refractivity contribution is 7.91. The molecule has 4 aromatic carbocycles. The van der Waals surface area contributed by atoms with E-state index in [0.29, 0.717) is 5.44 Å². The third kappa shape index (κ3) is 4.93. The molecule has 0 spiro atoms. The van der Waals surface area contributed by atoms with Crippen molar-refractivity contribution in [3.05, 3.63) is 158 Å². The van der Waals surface area contributed by atoms with Crippen molar-refractivity contribution in [1.82, 2.24) is 9.97 Å². The maximum absolute atomic E-state index is 12.8. The molecule has 0 amide bonds. The van der Waals surface area contributed by atoms with Gasteiger partial charge in [0.15, 0.2) is 0 Å². The van der Waals surface area contributed by atoms with Gasteiger partial charge in [-0.2, -0.15) is 0 Å². The second kappa shape index (κ2) is 11.4. The topological polar surface area (TPSA) is 46.0 Å². The lowest BCUT2D eigenvalue weighted by molar-refractivity contribution is 0.632. The molecule has 0 aliphatic heterocycles. The zero-order chi connectivity index (χ0) is 26.5. The Morgan fingerprint density at radius 1 is 0.462 bits per heavy atom. The van der Waals surface area contributed by atoms with Crippen LogP contribution in [0.5, 0.6) is 0 Å². The highest BCUT2D eigenvalue weighted by Gasteiger charge is 2.48. The molecule has 0 unspecified atom stereocenters. The highest BCUT2D eigenvalue weighted by Crippen LogP contribution is 2.52. The SMILES string of the molecule is O[P+](c1ccccc1)(c1ccccc1)c1ncccc1-c1cccnc1P(c1ccccc1)c1ccccc1. The summed E-state index contributed by atoms with van der Waals surface area (Å²) in [6.45, 7) is 0. The quantitative estimate of drug-likeness (QED) is 0.286. The number of benzene rings is 4. The first-order valence-electron chi connectivity index (χ1n) is 12.8. The molecule has 1 N–H and O–H groups in total. The smallest absolute Gasteiger partial charge is 0.255 e. The van der Waals surface area contributed by atoms with Crippen LogP contribution in [0.3, 0.4) is 0 Å². The van der Waals surface area contributed by atoms with E-state index in [9.17, 15) is 4.89 Å². The number of nitrogens with zero attached hydrogens (tertiary/aromatic N) is 2. The van der Waals surface area contributed by atoms with Crippen LogP contribution in [0.2, 0.25) is 0 Å². The standard InChI is InChI=1S/C34H27N2OP2/c37-39(29-19-9-3-10-20-29,30-21-11-4-12-22-30)34-32(24-14-26-36-34)31-23-13-25-35-33(31)38(27-15-5-1-6-16-27)28-17-7-2-8-18-28/h1-26,37H/q+1. The molecule has 0 saturated heterocycles. The zero-order valence-corrected chi connectivity index (χ0v) is 23.0. The van der Waals surface area contributed by atoms with Crippen molar-refractivity contribution in [1.29, 1.82) is 0 Å². The van der Waals surface area contributed by atoms with E-state index in [1.165, 1.54) is 10.6 Å². The lowest BCUT2D eigenvalue weighted by Crippen LogP contribution is -2.34. The van der Waals surface area contributed by atoms with Gasteiger partial charge in [-0.25, -0.2) is 9.88 Å². The Balaban J connectivity index is 1.61. The van der Waals surface area contributed by atoms with Gasteiger partial charge >= 0.3 is 0 Å². The maximum atomic E-state index is 12.8. The van der Waals surface area contributed by atoms with E-state index < -0.39 is 15.4 Å². The summed E-state index contributed by atoms with van der Waals surface area (Å²) in [6, 6.07) is 49.1. The molecular formula is C34H27N2OP2+. The van der Waals surface area contributed by atoms with E-state index >= 15 is 0 Å². The van der Waals surface area contributed by atoms with Crippen LogP contribution in [-0.2, 0) is 0 Å². The number of hydrogen-bond donors (Lipinski definition) is 1. The predicted octanol–water partition coefficient (Wildman–Crippen LogP) is 5.10. The fourth-order valence-electron chi connectivity index (χ4n) is 4.88. The summed E-state index contributed by atoms with van der Waals surface area (Å²) in [4.78, 5) is 22.7. The van der Waals surface area contributed by atoms with Gasteiger partial charge in [0.1, 0.15) is 10.6 Å². The van der Waals surface area contributed by atoms with Crippen LogP contribution in [0, 0.1) is 0 Å². The Labute approximate surface area is 231 Å². The second-order valence-electron chi connectivity index (χ2n) is 9.06. The van der Waals surface area contributed by atoms with Crippen molar-refractivity contribution < 1.29 is 4.89 Å². The maximum Gasteiger partial charge on any atom is 0.258 e. The first-order chi connectivity index (χ1) is 19.3. The Kier molecular flexibility index (Phi) is 7.39. The van der Waals surface area contributed by atoms with Gasteiger partial charge in [-0.1, -0.05) is 103 Å². The van der Waals surface area contributed by atoms with Crippen LogP contribution < -0.4 is 32.1 Å².